The van der Waals surface area contributed by atoms with Crippen LogP contribution in [0.25, 0.3) is 16.6 Å². The number of fused-ring (bicyclic) bond motifs is 4. The zero-order valence-corrected chi connectivity index (χ0v) is 19.0. The average Bonchev–Trinajstić information content (AvgIpc) is 3.31. The zero-order valence-electron chi connectivity index (χ0n) is 18.2. The van der Waals surface area contributed by atoms with Gasteiger partial charge in [0.2, 0.25) is 10.0 Å². The van der Waals surface area contributed by atoms with Crippen molar-refractivity contribution in [1.82, 2.24) is 24.1 Å². The van der Waals surface area contributed by atoms with Crippen LogP contribution in [0.5, 0.6) is 0 Å². The number of rotatable bonds is 4. The lowest BCUT2D eigenvalue weighted by atomic mass is 10.1. The van der Waals surface area contributed by atoms with Crippen molar-refractivity contribution in [3.8, 4) is 5.69 Å². The van der Waals surface area contributed by atoms with Crippen molar-refractivity contribution in [3.63, 3.8) is 0 Å². The first-order valence-corrected chi connectivity index (χ1v) is 12.4. The van der Waals surface area contributed by atoms with Gasteiger partial charge in [0.1, 0.15) is 11.2 Å². The molecule has 6 rings (SSSR count). The lowest BCUT2D eigenvalue weighted by Crippen LogP contribution is -2.36. The van der Waals surface area contributed by atoms with E-state index in [4.69, 9.17) is 0 Å². The van der Waals surface area contributed by atoms with Crippen molar-refractivity contribution in [2.45, 2.75) is 23.9 Å². The van der Waals surface area contributed by atoms with Crippen LogP contribution < -0.4 is 0 Å². The van der Waals surface area contributed by atoms with E-state index < -0.39 is 16.1 Å². The molecular weight excluding hydrogens is 446 g/mol. The molecule has 8 heteroatoms. The average molecular weight is 468 g/mol. The van der Waals surface area contributed by atoms with Gasteiger partial charge >= 0.3 is 0 Å². The van der Waals surface area contributed by atoms with Crippen molar-refractivity contribution in [1.29, 1.82) is 0 Å². The Balaban J connectivity index is 1.58. The van der Waals surface area contributed by atoms with Gasteiger partial charge in [-0.3, -0.25) is 9.55 Å². The number of para-hydroxylation sites is 2. The van der Waals surface area contributed by atoms with Crippen molar-refractivity contribution in [2.24, 2.45) is 0 Å². The van der Waals surface area contributed by atoms with Crippen LogP contribution in [0, 0.1) is 0 Å². The number of hydrogen-bond donors (Lipinski definition) is 0. The number of sulfonamides is 1. The molecule has 1 aliphatic rings. The van der Waals surface area contributed by atoms with Gasteiger partial charge in [-0.2, -0.15) is 4.31 Å². The number of pyridine rings is 1. The number of hydrogen-bond acceptors (Lipinski definition) is 5. The Labute approximate surface area is 197 Å². The van der Waals surface area contributed by atoms with E-state index in [-0.39, 0.29) is 11.4 Å². The van der Waals surface area contributed by atoms with Crippen LogP contribution in [-0.4, -0.2) is 32.5 Å². The van der Waals surface area contributed by atoms with E-state index in [1.54, 1.807) is 29.0 Å². The van der Waals surface area contributed by atoms with Gasteiger partial charge in [-0.25, -0.2) is 8.42 Å². The summed E-state index contributed by atoms with van der Waals surface area (Å²) in [5.74, 6) is 0.588. The molecule has 7 nitrogen and oxygen atoms in total. The molecule has 0 spiro atoms. The fourth-order valence-electron chi connectivity index (χ4n) is 4.64. The molecule has 0 unspecified atom stereocenters. The minimum atomic E-state index is -3.95. The third-order valence-electron chi connectivity index (χ3n) is 6.25. The standard InChI is InChI=1S/C26H21N5O2S/c32-34(33,24-14-6-11-20-12-7-15-27-25(20)24)31-17-21-10-4-5-13-22(21)30-18-28-29-26(30)23(31)16-19-8-2-1-3-9-19/h1-15,18,23H,16-17H2/t23-/m0/s1. The molecule has 2 aromatic heterocycles. The van der Waals surface area contributed by atoms with Gasteiger partial charge in [-0.05, 0) is 35.7 Å². The normalized spacial score (nSPS) is 16.1. The molecule has 3 heterocycles. The van der Waals surface area contributed by atoms with E-state index in [1.807, 2.05) is 77.4 Å². The summed E-state index contributed by atoms with van der Waals surface area (Å²) in [6.07, 6.45) is 3.74. The highest BCUT2D eigenvalue weighted by Crippen LogP contribution is 2.37. The van der Waals surface area contributed by atoms with Gasteiger partial charge in [0.15, 0.2) is 5.82 Å². The summed E-state index contributed by atoms with van der Waals surface area (Å²) < 4.78 is 32.1. The molecule has 1 aliphatic heterocycles. The molecule has 168 valence electrons. The van der Waals surface area contributed by atoms with Crippen LogP contribution in [0.1, 0.15) is 23.0 Å². The lowest BCUT2D eigenvalue weighted by Gasteiger charge is -2.29. The maximum Gasteiger partial charge on any atom is 0.246 e. The molecule has 3 aromatic carbocycles. The molecular formula is C26H21N5O2S. The Hall–Kier alpha value is -3.88. The largest absolute Gasteiger partial charge is 0.284 e. The van der Waals surface area contributed by atoms with E-state index in [1.165, 1.54) is 0 Å². The summed E-state index contributed by atoms with van der Waals surface area (Å²) in [6, 6.07) is 26.0. The molecule has 0 bridgehead atoms. The van der Waals surface area contributed by atoms with Gasteiger partial charge in [-0.15, -0.1) is 10.2 Å². The predicted molar refractivity (Wildman–Crippen MR) is 129 cm³/mol. The molecule has 0 aliphatic carbocycles. The molecule has 1 atom stereocenters. The maximum absolute atomic E-state index is 14.3. The highest BCUT2D eigenvalue weighted by molar-refractivity contribution is 7.89. The summed E-state index contributed by atoms with van der Waals surface area (Å²) in [5, 5.41) is 9.34. The quantitative estimate of drug-likeness (QED) is 0.394. The topological polar surface area (TPSA) is 81.0 Å². The van der Waals surface area contributed by atoms with Gasteiger partial charge in [0, 0.05) is 18.1 Å². The molecule has 0 fully saturated rings. The van der Waals surface area contributed by atoms with Crippen molar-refractivity contribution in [2.75, 3.05) is 0 Å². The highest BCUT2D eigenvalue weighted by Gasteiger charge is 2.39. The summed E-state index contributed by atoms with van der Waals surface area (Å²) >= 11 is 0. The second-order valence-corrected chi connectivity index (χ2v) is 10.1. The molecule has 0 saturated heterocycles. The summed E-state index contributed by atoms with van der Waals surface area (Å²) in [5.41, 5.74) is 3.25. The minimum Gasteiger partial charge on any atom is -0.284 e. The number of nitrogens with zero attached hydrogens (tertiary/aromatic N) is 5. The molecule has 0 radical (unpaired) electrons. The SMILES string of the molecule is O=S(=O)(c1cccc2cccnc12)N1Cc2ccccc2-n2cnnc2[C@@H]1Cc1ccccc1. The summed E-state index contributed by atoms with van der Waals surface area (Å²) in [7, 11) is -3.95. The summed E-state index contributed by atoms with van der Waals surface area (Å²) in [6.45, 7) is 0.211. The second kappa shape index (κ2) is 8.16. The van der Waals surface area contributed by atoms with Crippen LogP contribution in [0.4, 0.5) is 0 Å². The fraction of sp³-hybridized carbons (Fsp3) is 0.115. The van der Waals surface area contributed by atoms with Crippen LogP contribution in [-0.2, 0) is 23.0 Å². The van der Waals surface area contributed by atoms with E-state index in [0.29, 0.717) is 17.8 Å². The van der Waals surface area contributed by atoms with E-state index in [9.17, 15) is 8.42 Å². The van der Waals surface area contributed by atoms with E-state index >= 15 is 0 Å². The number of aromatic nitrogens is 4. The fourth-order valence-corrected chi connectivity index (χ4v) is 6.37. The Morgan fingerprint density at radius 1 is 0.882 bits per heavy atom. The smallest absolute Gasteiger partial charge is 0.246 e. The summed E-state index contributed by atoms with van der Waals surface area (Å²) in [4.78, 5) is 4.60. The first kappa shape index (κ1) is 20.7. The van der Waals surface area contributed by atoms with Crippen molar-refractivity contribution >= 4 is 20.9 Å². The molecule has 0 saturated carbocycles. The number of benzene rings is 3. The Morgan fingerprint density at radius 3 is 2.56 bits per heavy atom. The van der Waals surface area contributed by atoms with Crippen LogP contribution in [0.15, 0.2) is 102 Å². The van der Waals surface area contributed by atoms with Crippen molar-refractivity contribution < 1.29 is 8.42 Å². The first-order valence-electron chi connectivity index (χ1n) is 11.0. The van der Waals surface area contributed by atoms with Gasteiger partial charge < -0.3 is 0 Å². The van der Waals surface area contributed by atoms with Gasteiger partial charge in [0.25, 0.3) is 0 Å². The third-order valence-corrected chi connectivity index (χ3v) is 8.14. The lowest BCUT2D eigenvalue weighted by molar-refractivity contribution is 0.308. The Bertz CT molecular complexity index is 1590. The van der Waals surface area contributed by atoms with Crippen molar-refractivity contribution in [3.05, 3.63) is 114 Å². The van der Waals surface area contributed by atoms with Gasteiger partial charge in [0.05, 0.1) is 17.2 Å². The minimum absolute atomic E-state index is 0.189. The second-order valence-electron chi connectivity index (χ2n) is 8.27. The van der Waals surface area contributed by atoms with E-state index in [2.05, 4.69) is 15.2 Å². The highest BCUT2D eigenvalue weighted by atomic mass is 32.2. The predicted octanol–water partition coefficient (Wildman–Crippen LogP) is 4.30. The molecule has 5 aromatic rings. The Morgan fingerprint density at radius 2 is 1.68 bits per heavy atom. The molecule has 0 N–H and O–H groups in total. The Kier molecular flexibility index (Phi) is 4.97. The zero-order chi connectivity index (χ0) is 23.1. The van der Waals surface area contributed by atoms with E-state index in [0.717, 1.165) is 22.2 Å². The third kappa shape index (κ3) is 3.39. The first-order chi connectivity index (χ1) is 16.6. The van der Waals surface area contributed by atoms with Crippen LogP contribution in [0.2, 0.25) is 0 Å². The molecule has 0 amide bonds. The van der Waals surface area contributed by atoms with Crippen LogP contribution >= 0.6 is 0 Å². The maximum atomic E-state index is 14.3. The monoisotopic (exact) mass is 467 g/mol. The van der Waals surface area contributed by atoms with Gasteiger partial charge in [-0.1, -0.05) is 66.7 Å². The van der Waals surface area contributed by atoms with Crippen LogP contribution in [0.3, 0.4) is 0 Å². The molecule has 34 heavy (non-hydrogen) atoms.